The van der Waals surface area contributed by atoms with Crippen molar-refractivity contribution < 1.29 is 9.52 Å². The van der Waals surface area contributed by atoms with Gasteiger partial charge in [-0.3, -0.25) is 4.99 Å². The highest BCUT2D eigenvalue weighted by Crippen LogP contribution is 2.29. The zero-order valence-corrected chi connectivity index (χ0v) is 15.1. The van der Waals surface area contributed by atoms with Crippen LogP contribution in [-0.4, -0.2) is 30.7 Å². The first-order valence-electron chi connectivity index (χ1n) is 8.47. The summed E-state index contributed by atoms with van der Waals surface area (Å²) in [6.07, 6.45) is 1.87. The Labute approximate surface area is 151 Å². The molecule has 0 saturated carbocycles. The van der Waals surface area contributed by atoms with Crippen LogP contribution in [0.2, 0.25) is 0 Å². The molecule has 2 heterocycles. The molecule has 3 aromatic rings. The van der Waals surface area contributed by atoms with Gasteiger partial charge in [-0.2, -0.15) is 0 Å². The van der Waals surface area contributed by atoms with Gasteiger partial charge in [-0.25, -0.2) is 0 Å². The topological polar surface area (TPSA) is 69.8 Å². The number of nitrogens with zero attached hydrogens (tertiary/aromatic N) is 1. The first-order valence-corrected chi connectivity index (χ1v) is 9.29. The van der Waals surface area contributed by atoms with Crippen LogP contribution in [0.15, 0.2) is 58.1 Å². The summed E-state index contributed by atoms with van der Waals surface area (Å²) in [4.78, 5) is 5.44. The molecule has 3 N–H and O–H groups in total. The second-order valence-corrected chi connectivity index (χ2v) is 6.79. The van der Waals surface area contributed by atoms with Gasteiger partial charge < -0.3 is 20.2 Å². The third-order valence-electron chi connectivity index (χ3n) is 3.78. The van der Waals surface area contributed by atoms with Crippen LogP contribution < -0.4 is 10.6 Å². The summed E-state index contributed by atoms with van der Waals surface area (Å²) in [6, 6.07) is 14.0. The molecule has 0 amide bonds. The summed E-state index contributed by atoms with van der Waals surface area (Å²) in [5, 5.41) is 18.1. The van der Waals surface area contributed by atoms with Crippen molar-refractivity contribution in [3.05, 3.63) is 59.4 Å². The summed E-state index contributed by atoms with van der Waals surface area (Å²) in [5.41, 5.74) is 0. The molecule has 0 saturated heterocycles. The molecule has 0 aliphatic heterocycles. The summed E-state index contributed by atoms with van der Waals surface area (Å²) in [5.74, 6) is 1.64. The van der Waals surface area contributed by atoms with Crippen LogP contribution in [0.4, 0.5) is 0 Å². The molecule has 2 aromatic heterocycles. The molecule has 0 spiro atoms. The van der Waals surface area contributed by atoms with Gasteiger partial charge in [0.2, 0.25) is 0 Å². The molecule has 0 aliphatic carbocycles. The van der Waals surface area contributed by atoms with E-state index in [1.807, 2.05) is 37.3 Å². The molecule has 5 nitrogen and oxygen atoms in total. The predicted molar refractivity (Wildman–Crippen MR) is 103 cm³/mol. The van der Waals surface area contributed by atoms with Crippen molar-refractivity contribution in [1.82, 2.24) is 10.6 Å². The van der Waals surface area contributed by atoms with Crippen molar-refractivity contribution in [2.24, 2.45) is 4.99 Å². The molecule has 0 radical (unpaired) electrons. The normalized spacial score (nSPS) is 13.1. The maximum Gasteiger partial charge on any atom is 0.191 e. The van der Waals surface area contributed by atoms with Crippen LogP contribution >= 0.6 is 11.3 Å². The van der Waals surface area contributed by atoms with E-state index < -0.39 is 6.10 Å². The van der Waals surface area contributed by atoms with Crippen molar-refractivity contribution in [3.63, 3.8) is 0 Å². The molecule has 1 atom stereocenters. The second kappa shape index (κ2) is 8.69. The minimum atomic E-state index is -0.599. The monoisotopic (exact) mass is 357 g/mol. The Balaban J connectivity index is 1.57. The van der Waals surface area contributed by atoms with E-state index >= 15 is 0 Å². The number of benzene rings is 1. The lowest BCUT2D eigenvalue weighted by atomic mass is 10.2. The molecule has 6 heteroatoms. The number of aliphatic hydroxyl groups excluding tert-OH is 1. The van der Waals surface area contributed by atoms with E-state index in [9.17, 15) is 5.11 Å². The van der Waals surface area contributed by atoms with E-state index in [0.717, 1.165) is 35.5 Å². The zero-order chi connectivity index (χ0) is 17.5. The Bertz CT molecular complexity index is 778. The molecule has 0 aliphatic rings. The van der Waals surface area contributed by atoms with Gasteiger partial charge in [0.05, 0.1) is 12.8 Å². The molecule has 132 valence electrons. The minimum absolute atomic E-state index is 0.322. The Morgan fingerprint density at radius 1 is 1.24 bits per heavy atom. The van der Waals surface area contributed by atoms with Gasteiger partial charge in [0.15, 0.2) is 5.96 Å². The lowest BCUT2D eigenvalue weighted by Crippen LogP contribution is -2.38. The van der Waals surface area contributed by atoms with Crippen LogP contribution in [0.3, 0.4) is 0 Å². The van der Waals surface area contributed by atoms with Gasteiger partial charge in [-0.15, -0.1) is 11.3 Å². The van der Waals surface area contributed by atoms with E-state index in [4.69, 9.17) is 4.42 Å². The smallest absolute Gasteiger partial charge is 0.191 e. The number of furan rings is 1. The Morgan fingerprint density at radius 3 is 2.88 bits per heavy atom. The molecule has 0 bridgehead atoms. The largest absolute Gasteiger partial charge is 0.469 e. The van der Waals surface area contributed by atoms with Crippen LogP contribution in [0.1, 0.15) is 23.7 Å². The van der Waals surface area contributed by atoms with Gasteiger partial charge in [0.25, 0.3) is 0 Å². The Kier molecular flexibility index (Phi) is 6.09. The first-order chi connectivity index (χ1) is 12.3. The van der Waals surface area contributed by atoms with E-state index in [2.05, 4.69) is 27.8 Å². The van der Waals surface area contributed by atoms with Crippen molar-refractivity contribution in [2.75, 3.05) is 19.6 Å². The van der Waals surface area contributed by atoms with Gasteiger partial charge in [-0.1, -0.05) is 18.2 Å². The lowest BCUT2D eigenvalue weighted by molar-refractivity contribution is 0.191. The quantitative estimate of drug-likeness (QED) is 0.448. The van der Waals surface area contributed by atoms with Gasteiger partial charge >= 0.3 is 0 Å². The molecule has 25 heavy (non-hydrogen) atoms. The highest BCUT2D eigenvalue weighted by Gasteiger charge is 2.11. The van der Waals surface area contributed by atoms with Crippen LogP contribution in [0, 0.1) is 0 Å². The third-order valence-corrected chi connectivity index (χ3v) is 5.00. The number of aliphatic imine (C=N–C) groups is 1. The number of hydrogen-bond acceptors (Lipinski definition) is 4. The highest BCUT2D eigenvalue weighted by atomic mass is 32.1. The third kappa shape index (κ3) is 4.84. The second-order valence-electron chi connectivity index (χ2n) is 5.68. The molecular weight excluding hydrogens is 334 g/mol. The van der Waals surface area contributed by atoms with E-state index in [1.54, 1.807) is 17.6 Å². The average molecular weight is 357 g/mol. The minimum Gasteiger partial charge on any atom is -0.469 e. The SMILES string of the molecule is CCNC(=NCC(O)c1cc2ccccc2s1)NCCc1ccco1. The van der Waals surface area contributed by atoms with Gasteiger partial charge in [0.1, 0.15) is 11.9 Å². The zero-order valence-electron chi connectivity index (χ0n) is 14.2. The molecule has 1 unspecified atom stereocenters. The standard InChI is InChI=1S/C19H23N3O2S/c1-2-20-19(21-10-9-15-7-5-11-24-15)22-13-16(23)18-12-14-6-3-4-8-17(14)25-18/h3-8,11-12,16,23H,2,9-10,13H2,1H3,(H2,20,21,22). The summed E-state index contributed by atoms with van der Waals surface area (Å²) in [7, 11) is 0. The molecule has 3 rings (SSSR count). The van der Waals surface area contributed by atoms with Crippen LogP contribution in [0.5, 0.6) is 0 Å². The van der Waals surface area contributed by atoms with Gasteiger partial charge in [0, 0.05) is 29.1 Å². The fraction of sp³-hybridized carbons (Fsp3) is 0.316. The number of fused-ring (bicyclic) bond motifs is 1. The molecule has 0 fully saturated rings. The lowest BCUT2D eigenvalue weighted by Gasteiger charge is -2.12. The van der Waals surface area contributed by atoms with Crippen LogP contribution in [-0.2, 0) is 6.42 Å². The predicted octanol–water partition coefficient (Wildman–Crippen LogP) is 3.33. The molecule has 1 aromatic carbocycles. The number of aliphatic hydroxyl groups is 1. The van der Waals surface area contributed by atoms with Crippen molar-refractivity contribution in [2.45, 2.75) is 19.4 Å². The number of thiophene rings is 1. The average Bonchev–Trinajstić information content (AvgIpc) is 3.28. The fourth-order valence-corrected chi connectivity index (χ4v) is 3.58. The van der Waals surface area contributed by atoms with Gasteiger partial charge in [-0.05, 0) is 36.6 Å². The van der Waals surface area contributed by atoms with E-state index in [0.29, 0.717) is 12.5 Å². The van der Waals surface area contributed by atoms with E-state index in [-0.39, 0.29) is 0 Å². The first kappa shape index (κ1) is 17.5. The number of guanidine groups is 1. The summed E-state index contributed by atoms with van der Waals surface area (Å²) < 4.78 is 6.51. The fourth-order valence-electron chi connectivity index (χ4n) is 2.54. The number of rotatable bonds is 7. The molecular formula is C19H23N3O2S. The maximum absolute atomic E-state index is 10.4. The number of hydrogen-bond donors (Lipinski definition) is 3. The van der Waals surface area contributed by atoms with Crippen LogP contribution in [0.25, 0.3) is 10.1 Å². The Morgan fingerprint density at radius 2 is 2.12 bits per heavy atom. The van der Waals surface area contributed by atoms with Crippen molar-refractivity contribution in [3.8, 4) is 0 Å². The van der Waals surface area contributed by atoms with Crippen molar-refractivity contribution >= 4 is 27.4 Å². The number of nitrogens with one attached hydrogen (secondary N) is 2. The highest BCUT2D eigenvalue weighted by molar-refractivity contribution is 7.19. The maximum atomic E-state index is 10.4. The summed E-state index contributed by atoms with van der Waals surface area (Å²) >= 11 is 1.61. The van der Waals surface area contributed by atoms with Crippen molar-refractivity contribution in [1.29, 1.82) is 0 Å². The van der Waals surface area contributed by atoms with E-state index in [1.165, 1.54) is 4.70 Å². The summed E-state index contributed by atoms with van der Waals surface area (Å²) in [6.45, 7) is 3.83. The Hall–Kier alpha value is -2.31.